The van der Waals surface area contributed by atoms with Crippen LogP contribution in [0.15, 0.2) is 49.2 Å². The topological polar surface area (TPSA) is 76.1 Å². The van der Waals surface area contributed by atoms with Crippen molar-refractivity contribution in [2.45, 2.75) is 6.42 Å². The Bertz CT molecular complexity index is 673. The fourth-order valence-electron chi connectivity index (χ4n) is 2.04. The Morgan fingerprint density at radius 2 is 2.17 bits per heavy atom. The number of aromatic nitrogens is 2. The van der Waals surface area contributed by atoms with Crippen LogP contribution in [-0.4, -0.2) is 36.1 Å². The summed E-state index contributed by atoms with van der Waals surface area (Å²) < 4.78 is 5.32. The number of amides is 1. The average Bonchev–Trinajstić information content (AvgIpc) is 2.60. The molecule has 0 spiro atoms. The quantitative estimate of drug-likeness (QED) is 0.730. The molecule has 0 unspecified atom stereocenters. The minimum Gasteiger partial charge on any atom is -0.496 e. The van der Waals surface area contributed by atoms with E-state index in [2.05, 4.69) is 27.2 Å². The van der Waals surface area contributed by atoms with Gasteiger partial charge in [-0.25, -0.2) is 9.97 Å². The first kappa shape index (κ1) is 16.5. The number of rotatable bonds is 8. The molecule has 120 valence electrons. The van der Waals surface area contributed by atoms with Gasteiger partial charge in [-0.2, -0.15) is 0 Å². The Hall–Kier alpha value is -2.89. The van der Waals surface area contributed by atoms with Gasteiger partial charge < -0.3 is 15.4 Å². The third-order valence-electron chi connectivity index (χ3n) is 3.17. The normalized spacial score (nSPS) is 9.96. The van der Waals surface area contributed by atoms with Crippen molar-refractivity contribution < 1.29 is 9.53 Å². The van der Waals surface area contributed by atoms with Gasteiger partial charge in [-0.05, 0) is 24.1 Å². The van der Waals surface area contributed by atoms with Gasteiger partial charge in [0.1, 0.15) is 11.4 Å². The van der Waals surface area contributed by atoms with Crippen LogP contribution in [0.5, 0.6) is 5.75 Å². The van der Waals surface area contributed by atoms with E-state index < -0.39 is 0 Å². The molecule has 6 heteroatoms. The van der Waals surface area contributed by atoms with Crippen molar-refractivity contribution in [1.29, 1.82) is 0 Å². The maximum atomic E-state index is 11.8. The van der Waals surface area contributed by atoms with Crippen molar-refractivity contribution in [1.82, 2.24) is 15.3 Å². The van der Waals surface area contributed by atoms with Crippen LogP contribution in [0, 0.1) is 0 Å². The summed E-state index contributed by atoms with van der Waals surface area (Å²) in [5.41, 5.74) is 1.42. The lowest BCUT2D eigenvalue weighted by Gasteiger charge is -2.09. The summed E-state index contributed by atoms with van der Waals surface area (Å²) in [5.74, 6) is 1.03. The van der Waals surface area contributed by atoms with Crippen LogP contribution in [0.25, 0.3) is 0 Å². The molecule has 2 N–H and O–H groups in total. The van der Waals surface area contributed by atoms with Crippen molar-refractivity contribution in [3.63, 3.8) is 0 Å². The van der Waals surface area contributed by atoms with Crippen LogP contribution in [0.2, 0.25) is 0 Å². The molecule has 1 aromatic heterocycles. The number of nitrogens with one attached hydrogen (secondary N) is 2. The SMILES string of the molecule is C=CCNC(=O)c1ccnc(NCCc2ccccc2OC)n1. The molecule has 0 atom stereocenters. The Balaban J connectivity index is 1.93. The van der Waals surface area contributed by atoms with Crippen molar-refractivity contribution in [2.24, 2.45) is 0 Å². The predicted molar refractivity (Wildman–Crippen MR) is 89.7 cm³/mol. The molecule has 0 radical (unpaired) electrons. The summed E-state index contributed by atoms with van der Waals surface area (Å²) in [7, 11) is 1.65. The van der Waals surface area contributed by atoms with E-state index in [4.69, 9.17) is 4.74 Å². The van der Waals surface area contributed by atoms with E-state index in [9.17, 15) is 4.79 Å². The molecule has 0 aliphatic rings. The number of carbonyl (C=O) groups is 1. The van der Waals surface area contributed by atoms with Crippen LogP contribution in [-0.2, 0) is 6.42 Å². The third-order valence-corrected chi connectivity index (χ3v) is 3.17. The molecular weight excluding hydrogens is 292 g/mol. The summed E-state index contributed by atoms with van der Waals surface area (Å²) in [6.45, 7) is 4.60. The monoisotopic (exact) mass is 312 g/mol. The first-order chi connectivity index (χ1) is 11.2. The van der Waals surface area contributed by atoms with Gasteiger partial charge in [0.05, 0.1) is 7.11 Å². The van der Waals surface area contributed by atoms with Crippen LogP contribution in [0.4, 0.5) is 5.95 Å². The molecule has 0 fully saturated rings. The number of hydrogen-bond acceptors (Lipinski definition) is 5. The molecule has 2 aromatic rings. The van der Waals surface area contributed by atoms with Gasteiger partial charge in [-0.1, -0.05) is 24.3 Å². The maximum Gasteiger partial charge on any atom is 0.270 e. The highest BCUT2D eigenvalue weighted by Crippen LogP contribution is 2.17. The number of ether oxygens (including phenoxy) is 1. The Morgan fingerprint density at radius 1 is 1.35 bits per heavy atom. The van der Waals surface area contributed by atoms with E-state index in [0.717, 1.165) is 17.7 Å². The number of carbonyl (C=O) groups excluding carboxylic acids is 1. The van der Waals surface area contributed by atoms with Gasteiger partial charge >= 0.3 is 0 Å². The van der Waals surface area contributed by atoms with Crippen LogP contribution >= 0.6 is 0 Å². The Morgan fingerprint density at radius 3 is 2.96 bits per heavy atom. The van der Waals surface area contributed by atoms with E-state index in [-0.39, 0.29) is 5.91 Å². The van der Waals surface area contributed by atoms with Crippen molar-refractivity contribution >= 4 is 11.9 Å². The molecule has 6 nitrogen and oxygen atoms in total. The highest BCUT2D eigenvalue weighted by atomic mass is 16.5. The van der Waals surface area contributed by atoms with E-state index in [0.29, 0.717) is 24.7 Å². The fraction of sp³-hybridized carbons (Fsp3) is 0.235. The lowest BCUT2D eigenvalue weighted by molar-refractivity contribution is 0.0953. The first-order valence-corrected chi connectivity index (χ1v) is 7.32. The van der Waals surface area contributed by atoms with Crippen molar-refractivity contribution in [3.05, 3.63) is 60.4 Å². The first-order valence-electron chi connectivity index (χ1n) is 7.32. The molecule has 23 heavy (non-hydrogen) atoms. The number of para-hydroxylation sites is 1. The number of methoxy groups -OCH3 is 1. The molecule has 1 amide bonds. The molecule has 0 aliphatic heterocycles. The minimum atomic E-state index is -0.250. The maximum absolute atomic E-state index is 11.8. The van der Waals surface area contributed by atoms with Crippen molar-refractivity contribution in [2.75, 3.05) is 25.5 Å². The molecular formula is C17H20N4O2. The average molecular weight is 312 g/mol. The van der Waals surface area contributed by atoms with Gasteiger partial charge in [0, 0.05) is 19.3 Å². The second kappa shape index (κ2) is 8.53. The van der Waals surface area contributed by atoms with Crippen LogP contribution in [0.1, 0.15) is 16.1 Å². The van der Waals surface area contributed by atoms with Gasteiger partial charge in [0.25, 0.3) is 5.91 Å². The van der Waals surface area contributed by atoms with E-state index in [1.807, 2.05) is 24.3 Å². The Labute approximate surface area is 135 Å². The number of benzene rings is 1. The molecule has 1 aromatic carbocycles. The van der Waals surface area contributed by atoms with E-state index in [1.54, 1.807) is 25.4 Å². The summed E-state index contributed by atoms with van der Waals surface area (Å²) >= 11 is 0. The zero-order valence-electron chi connectivity index (χ0n) is 13.1. The molecule has 0 saturated carbocycles. The third kappa shape index (κ3) is 4.81. The molecule has 0 aliphatic carbocycles. The van der Waals surface area contributed by atoms with E-state index >= 15 is 0 Å². The summed E-state index contributed by atoms with van der Waals surface area (Å²) in [4.78, 5) is 20.2. The summed E-state index contributed by atoms with van der Waals surface area (Å²) in [5, 5.41) is 5.80. The van der Waals surface area contributed by atoms with Gasteiger partial charge in [-0.15, -0.1) is 6.58 Å². The smallest absolute Gasteiger partial charge is 0.270 e. The zero-order valence-corrected chi connectivity index (χ0v) is 13.1. The number of hydrogen-bond donors (Lipinski definition) is 2. The minimum absolute atomic E-state index is 0.250. The van der Waals surface area contributed by atoms with E-state index in [1.165, 1.54) is 0 Å². The van der Waals surface area contributed by atoms with Crippen molar-refractivity contribution in [3.8, 4) is 5.75 Å². The molecule has 2 rings (SSSR count). The largest absolute Gasteiger partial charge is 0.496 e. The number of nitrogens with zero attached hydrogens (tertiary/aromatic N) is 2. The molecule has 0 saturated heterocycles. The molecule has 1 heterocycles. The summed E-state index contributed by atoms with van der Waals surface area (Å²) in [6, 6.07) is 9.42. The lowest BCUT2D eigenvalue weighted by Crippen LogP contribution is -2.24. The Kier molecular flexibility index (Phi) is 6.11. The lowest BCUT2D eigenvalue weighted by atomic mass is 10.1. The van der Waals surface area contributed by atoms with Crippen LogP contribution < -0.4 is 15.4 Å². The highest BCUT2D eigenvalue weighted by molar-refractivity contribution is 5.92. The molecule has 0 bridgehead atoms. The van der Waals surface area contributed by atoms with Crippen LogP contribution in [0.3, 0.4) is 0 Å². The zero-order chi connectivity index (χ0) is 16.5. The highest BCUT2D eigenvalue weighted by Gasteiger charge is 2.07. The fourth-order valence-corrected chi connectivity index (χ4v) is 2.04. The van der Waals surface area contributed by atoms with Gasteiger partial charge in [-0.3, -0.25) is 4.79 Å². The standard InChI is InChI=1S/C17H20N4O2/c1-3-10-18-16(22)14-9-12-20-17(21-14)19-11-8-13-6-4-5-7-15(13)23-2/h3-7,9,12H,1,8,10-11H2,2H3,(H,18,22)(H,19,20,21). The number of anilines is 1. The van der Waals surface area contributed by atoms with Gasteiger partial charge in [0.2, 0.25) is 5.95 Å². The second-order valence-corrected chi connectivity index (χ2v) is 4.75. The van der Waals surface area contributed by atoms with Gasteiger partial charge in [0.15, 0.2) is 0 Å². The summed E-state index contributed by atoms with van der Waals surface area (Å²) in [6.07, 6.45) is 3.94. The second-order valence-electron chi connectivity index (χ2n) is 4.75. The predicted octanol–water partition coefficient (Wildman–Crippen LogP) is 2.06.